The minimum absolute atomic E-state index is 0.356. The topological polar surface area (TPSA) is 77.4 Å². The van der Waals surface area contributed by atoms with Crippen LogP contribution in [0, 0.1) is 0 Å². The first-order valence-corrected chi connectivity index (χ1v) is 10.3. The van der Waals surface area contributed by atoms with Gasteiger partial charge in [-0.15, -0.1) is 0 Å². The highest BCUT2D eigenvalue weighted by atomic mass is 16.2. The molecule has 0 fully saturated rings. The van der Waals surface area contributed by atoms with Crippen LogP contribution in [0.25, 0.3) is 17.2 Å². The van der Waals surface area contributed by atoms with Crippen molar-refractivity contribution in [1.29, 1.82) is 0 Å². The van der Waals surface area contributed by atoms with E-state index in [-0.39, 0.29) is 5.56 Å². The largest absolute Gasteiger partial charge is 0.332 e. The average molecular weight is 426 g/mol. The smallest absolute Gasteiger partial charge is 0.297 e. The summed E-state index contributed by atoms with van der Waals surface area (Å²) in [6.45, 7) is 0.852. The fraction of sp³-hybridized carbons (Fsp3) is 0.167. The first kappa shape index (κ1) is 19.7. The first-order valence-electron chi connectivity index (χ1n) is 10.3. The number of nitrogens with zero attached hydrogens (tertiary/aromatic N) is 6. The maximum Gasteiger partial charge on any atom is 0.332 e. The van der Waals surface area contributed by atoms with E-state index < -0.39 is 5.69 Å². The van der Waals surface area contributed by atoms with Crippen LogP contribution in [0.2, 0.25) is 0 Å². The molecule has 8 heteroatoms. The maximum absolute atomic E-state index is 13.0. The van der Waals surface area contributed by atoms with E-state index in [2.05, 4.69) is 4.98 Å². The van der Waals surface area contributed by atoms with Gasteiger partial charge in [-0.25, -0.2) is 9.80 Å². The van der Waals surface area contributed by atoms with E-state index in [1.807, 2.05) is 77.4 Å². The number of hydrogen-bond donors (Lipinski definition) is 0. The van der Waals surface area contributed by atoms with Crippen LogP contribution in [0.15, 0.2) is 81.4 Å². The van der Waals surface area contributed by atoms with Crippen molar-refractivity contribution in [2.24, 2.45) is 19.2 Å². The Hall–Kier alpha value is -4.20. The van der Waals surface area contributed by atoms with Crippen molar-refractivity contribution >= 4 is 28.9 Å². The van der Waals surface area contributed by atoms with Gasteiger partial charge in [-0.2, -0.15) is 10.1 Å². The number of aryl methyl sites for hydroxylation is 1. The highest BCUT2D eigenvalue weighted by Gasteiger charge is 2.27. The summed E-state index contributed by atoms with van der Waals surface area (Å²) < 4.78 is 4.37. The van der Waals surface area contributed by atoms with E-state index in [9.17, 15) is 9.59 Å². The van der Waals surface area contributed by atoms with Gasteiger partial charge in [-0.3, -0.25) is 18.5 Å². The highest BCUT2D eigenvalue weighted by Crippen LogP contribution is 2.25. The normalized spacial score (nSPS) is 13.6. The second kappa shape index (κ2) is 7.81. The molecule has 0 saturated carbocycles. The molecule has 0 amide bonds. The van der Waals surface area contributed by atoms with Crippen molar-refractivity contribution < 1.29 is 0 Å². The van der Waals surface area contributed by atoms with Gasteiger partial charge in [0.15, 0.2) is 11.2 Å². The summed E-state index contributed by atoms with van der Waals surface area (Å²) in [5, 5.41) is 6.62. The van der Waals surface area contributed by atoms with Crippen LogP contribution in [0.4, 0.5) is 5.95 Å². The molecule has 32 heavy (non-hydrogen) atoms. The maximum atomic E-state index is 13.0. The van der Waals surface area contributed by atoms with E-state index in [0.717, 1.165) is 21.4 Å². The van der Waals surface area contributed by atoms with Crippen molar-refractivity contribution in [1.82, 2.24) is 18.7 Å². The number of imidazole rings is 1. The molecule has 0 spiro atoms. The molecule has 0 aliphatic carbocycles. The van der Waals surface area contributed by atoms with Crippen molar-refractivity contribution in [2.45, 2.75) is 6.54 Å². The van der Waals surface area contributed by atoms with Crippen LogP contribution in [-0.2, 0) is 20.6 Å². The minimum atomic E-state index is -0.405. The zero-order valence-corrected chi connectivity index (χ0v) is 17.8. The van der Waals surface area contributed by atoms with Crippen molar-refractivity contribution in [2.75, 3.05) is 11.6 Å². The number of fused-ring (bicyclic) bond motifs is 3. The molecule has 5 rings (SSSR count). The molecular weight excluding hydrogens is 404 g/mol. The lowest BCUT2D eigenvalue weighted by molar-refractivity contribution is 0.702. The van der Waals surface area contributed by atoms with Crippen LogP contribution in [0.3, 0.4) is 0 Å². The summed E-state index contributed by atoms with van der Waals surface area (Å²) in [6.07, 6.45) is 4.03. The summed E-state index contributed by atoms with van der Waals surface area (Å²) >= 11 is 0. The minimum Gasteiger partial charge on any atom is -0.297 e. The predicted octanol–water partition coefficient (Wildman–Crippen LogP) is 2.37. The summed E-state index contributed by atoms with van der Waals surface area (Å²) in [7, 11) is 3.11. The lowest BCUT2D eigenvalue weighted by Crippen LogP contribution is -2.38. The molecule has 0 saturated heterocycles. The van der Waals surface area contributed by atoms with E-state index in [4.69, 9.17) is 5.10 Å². The third kappa shape index (κ3) is 3.26. The Kier molecular flexibility index (Phi) is 4.82. The number of hydrazone groups is 1. The molecule has 0 N–H and O–H groups in total. The Morgan fingerprint density at radius 3 is 2.34 bits per heavy atom. The van der Waals surface area contributed by atoms with Crippen molar-refractivity contribution in [3.05, 3.63) is 98.7 Å². The quantitative estimate of drug-likeness (QED) is 0.502. The zero-order chi connectivity index (χ0) is 22.2. The number of rotatable bonds is 4. The van der Waals surface area contributed by atoms with E-state index in [0.29, 0.717) is 30.2 Å². The SMILES string of the molecule is Cn1c(=O)c2c(nc3n2CC(c2ccccc2)=NN3C/C=C\c2ccccc2)n(C)c1=O. The predicted molar refractivity (Wildman–Crippen MR) is 126 cm³/mol. The number of aromatic nitrogens is 4. The third-order valence-corrected chi connectivity index (χ3v) is 5.60. The van der Waals surface area contributed by atoms with Crippen LogP contribution in [0.5, 0.6) is 0 Å². The average Bonchev–Trinajstić information content (AvgIpc) is 3.22. The molecule has 0 unspecified atom stereocenters. The van der Waals surface area contributed by atoms with Gasteiger partial charge in [-0.05, 0) is 11.1 Å². The molecule has 2 aromatic heterocycles. The first-order chi connectivity index (χ1) is 15.5. The van der Waals surface area contributed by atoms with Crippen LogP contribution in [-0.4, -0.2) is 30.9 Å². The summed E-state index contributed by atoms with van der Waals surface area (Å²) in [4.78, 5) is 30.1. The molecule has 0 atom stereocenters. The van der Waals surface area contributed by atoms with Gasteiger partial charge in [-0.1, -0.05) is 72.8 Å². The van der Waals surface area contributed by atoms with Gasteiger partial charge >= 0.3 is 5.69 Å². The molecule has 1 aliphatic heterocycles. The van der Waals surface area contributed by atoms with Gasteiger partial charge in [0.1, 0.15) is 0 Å². The Balaban J connectivity index is 1.64. The highest BCUT2D eigenvalue weighted by molar-refractivity contribution is 6.02. The second-order valence-electron chi connectivity index (χ2n) is 7.68. The van der Waals surface area contributed by atoms with Crippen molar-refractivity contribution in [3.8, 4) is 0 Å². The lowest BCUT2D eigenvalue weighted by Gasteiger charge is -2.25. The van der Waals surface area contributed by atoms with Gasteiger partial charge in [0.05, 0.1) is 18.8 Å². The monoisotopic (exact) mass is 426 g/mol. The van der Waals surface area contributed by atoms with E-state index in [1.165, 1.54) is 11.6 Å². The molecular formula is C24H22N6O2. The van der Waals surface area contributed by atoms with Gasteiger partial charge in [0.25, 0.3) is 5.56 Å². The number of anilines is 1. The molecule has 4 aromatic rings. The van der Waals surface area contributed by atoms with Gasteiger partial charge < -0.3 is 0 Å². The Morgan fingerprint density at radius 1 is 0.938 bits per heavy atom. The van der Waals surface area contributed by atoms with Gasteiger partial charge in [0.2, 0.25) is 5.95 Å². The molecule has 8 nitrogen and oxygen atoms in total. The molecule has 0 bridgehead atoms. The second-order valence-corrected chi connectivity index (χ2v) is 7.68. The molecule has 160 valence electrons. The van der Waals surface area contributed by atoms with Crippen molar-refractivity contribution in [3.63, 3.8) is 0 Å². The molecule has 3 heterocycles. The lowest BCUT2D eigenvalue weighted by atomic mass is 10.1. The summed E-state index contributed by atoms with van der Waals surface area (Å²) in [5.41, 5.74) is 2.86. The van der Waals surface area contributed by atoms with Crippen LogP contribution >= 0.6 is 0 Å². The number of hydrogen-bond acceptors (Lipinski definition) is 5. The molecule has 2 aromatic carbocycles. The molecule has 0 radical (unpaired) electrons. The fourth-order valence-corrected chi connectivity index (χ4v) is 3.91. The Bertz CT molecular complexity index is 1480. The third-order valence-electron chi connectivity index (χ3n) is 5.60. The van der Waals surface area contributed by atoms with E-state index in [1.54, 1.807) is 12.1 Å². The Labute approximate surface area is 184 Å². The van der Waals surface area contributed by atoms with Gasteiger partial charge in [0, 0.05) is 14.1 Å². The number of benzene rings is 2. The Morgan fingerprint density at radius 2 is 1.62 bits per heavy atom. The zero-order valence-electron chi connectivity index (χ0n) is 17.8. The summed E-state index contributed by atoms with van der Waals surface area (Å²) in [6, 6.07) is 19.9. The van der Waals surface area contributed by atoms with E-state index >= 15 is 0 Å². The van der Waals surface area contributed by atoms with Crippen LogP contribution in [0.1, 0.15) is 11.1 Å². The van der Waals surface area contributed by atoms with Crippen LogP contribution < -0.4 is 16.3 Å². The standard InChI is InChI=1S/C24H22N6O2/c1-27-21-20(22(31)28(2)24(27)32)29-16-19(18-13-7-4-8-14-18)26-30(23(29)25-21)15-9-12-17-10-5-3-6-11-17/h3-14H,15-16H2,1-2H3/b12-9-. The fourth-order valence-electron chi connectivity index (χ4n) is 3.91. The summed E-state index contributed by atoms with van der Waals surface area (Å²) in [5.74, 6) is 0.538. The molecule has 1 aliphatic rings.